The van der Waals surface area contributed by atoms with Gasteiger partial charge in [-0.1, -0.05) is 30.3 Å². The number of nitrogens with zero attached hydrogens (tertiary/aromatic N) is 4. The molecule has 1 aliphatic rings. The summed E-state index contributed by atoms with van der Waals surface area (Å²) >= 11 is 0. The van der Waals surface area contributed by atoms with Gasteiger partial charge in [-0.2, -0.15) is 10.4 Å². The number of amides is 2. The van der Waals surface area contributed by atoms with E-state index in [1.54, 1.807) is 0 Å². The summed E-state index contributed by atoms with van der Waals surface area (Å²) in [4.78, 5) is 38.2. The van der Waals surface area contributed by atoms with Gasteiger partial charge in [-0.25, -0.2) is 9.40 Å². The molecule has 0 atom stereocenters. The van der Waals surface area contributed by atoms with E-state index in [4.69, 9.17) is 10.00 Å². The number of halogens is 1. The van der Waals surface area contributed by atoms with Crippen molar-refractivity contribution in [3.8, 4) is 6.07 Å². The van der Waals surface area contributed by atoms with Gasteiger partial charge in [0.2, 0.25) is 5.91 Å². The van der Waals surface area contributed by atoms with Gasteiger partial charge in [-0.3, -0.25) is 14.4 Å². The number of nitriles is 1. The lowest BCUT2D eigenvalue weighted by Gasteiger charge is -2.21. The topological polar surface area (TPSA) is 103 Å². The van der Waals surface area contributed by atoms with Crippen LogP contribution in [0.2, 0.25) is 0 Å². The standard InChI is InChI=1S/C24H23FN4O4/c25-19-7-9-20(10-8-19)28(15-4-14-26)23(31)17-33-24(32)12-11-22(30)29-16-13-21(27-29)18-5-2-1-3-6-18/h1-3,5-10H,4,11-13,15-17H2. The smallest absolute Gasteiger partial charge is 0.306 e. The van der Waals surface area contributed by atoms with E-state index in [1.807, 2.05) is 36.4 Å². The van der Waals surface area contributed by atoms with Crippen molar-refractivity contribution in [3.05, 3.63) is 66.0 Å². The second kappa shape index (κ2) is 11.5. The number of hydrogen-bond acceptors (Lipinski definition) is 6. The molecular formula is C24H23FN4O4. The number of carbonyl (C=O) groups excluding carboxylic acids is 3. The number of ether oxygens (including phenoxy) is 1. The van der Waals surface area contributed by atoms with Crippen molar-refractivity contribution in [1.82, 2.24) is 5.01 Å². The summed E-state index contributed by atoms with van der Waals surface area (Å²) in [5.74, 6) is -2.00. The quantitative estimate of drug-likeness (QED) is 0.547. The van der Waals surface area contributed by atoms with Crippen molar-refractivity contribution >= 4 is 29.2 Å². The maximum absolute atomic E-state index is 13.2. The molecule has 0 bridgehead atoms. The van der Waals surface area contributed by atoms with E-state index < -0.39 is 24.3 Å². The Kier molecular flexibility index (Phi) is 8.24. The zero-order chi connectivity index (χ0) is 23.6. The van der Waals surface area contributed by atoms with Crippen LogP contribution in [0.25, 0.3) is 0 Å². The minimum absolute atomic E-state index is 0.0624. The van der Waals surface area contributed by atoms with Gasteiger partial charge in [-0.15, -0.1) is 0 Å². The first-order valence-electron chi connectivity index (χ1n) is 10.5. The van der Waals surface area contributed by atoms with Crippen molar-refractivity contribution in [2.75, 3.05) is 24.6 Å². The van der Waals surface area contributed by atoms with Crippen molar-refractivity contribution in [2.24, 2.45) is 5.10 Å². The molecule has 0 aromatic heterocycles. The Hall–Kier alpha value is -4.06. The molecule has 2 amide bonds. The summed E-state index contributed by atoms with van der Waals surface area (Å²) in [5, 5.41) is 14.5. The zero-order valence-electron chi connectivity index (χ0n) is 17.9. The molecular weight excluding hydrogens is 427 g/mol. The molecule has 1 aliphatic heterocycles. The van der Waals surface area contributed by atoms with E-state index >= 15 is 0 Å². The van der Waals surface area contributed by atoms with E-state index in [0.29, 0.717) is 18.7 Å². The SMILES string of the molecule is N#CCCN(C(=O)COC(=O)CCC(=O)N1CCC(c2ccccc2)=N1)c1ccc(F)cc1. The van der Waals surface area contributed by atoms with E-state index in [1.165, 1.54) is 34.2 Å². The predicted octanol–water partition coefficient (Wildman–Crippen LogP) is 3.03. The number of esters is 1. The van der Waals surface area contributed by atoms with Gasteiger partial charge < -0.3 is 9.64 Å². The van der Waals surface area contributed by atoms with Crippen LogP contribution < -0.4 is 4.90 Å². The molecule has 0 aliphatic carbocycles. The Balaban J connectivity index is 1.47. The molecule has 1 heterocycles. The van der Waals surface area contributed by atoms with Crippen LogP contribution in [-0.2, 0) is 19.1 Å². The fourth-order valence-electron chi connectivity index (χ4n) is 3.28. The highest BCUT2D eigenvalue weighted by atomic mass is 19.1. The summed E-state index contributed by atoms with van der Waals surface area (Å²) in [7, 11) is 0. The lowest BCUT2D eigenvalue weighted by Crippen LogP contribution is -2.35. The zero-order valence-corrected chi connectivity index (χ0v) is 17.9. The molecule has 0 radical (unpaired) electrons. The summed E-state index contributed by atoms with van der Waals surface area (Å²) in [6, 6.07) is 16.7. The Morgan fingerprint density at radius 1 is 1.09 bits per heavy atom. The second-order valence-corrected chi connectivity index (χ2v) is 7.27. The summed E-state index contributed by atoms with van der Waals surface area (Å²) in [5.41, 5.74) is 2.16. The Labute approximate surface area is 190 Å². The second-order valence-electron chi connectivity index (χ2n) is 7.27. The van der Waals surface area contributed by atoms with Gasteiger partial charge in [0, 0.05) is 25.1 Å². The lowest BCUT2D eigenvalue weighted by molar-refractivity contribution is -0.149. The van der Waals surface area contributed by atoms with Crippen LogP contribution in [0.15, 0.2) is 59.7 Å². The molecule has 3 rings (SSSR count). The van der Waals surface area contributed by atoms with E-state index in [9.17, 15) is 18.8 Å². The minimum Gasteiger partial charge on any atom is -0.456 e. The van der Waals surface area contributed by atoms with Crippen molar-refractivity contribution < 1.29 is 23.5 Å². The highest BCUT2D eigenvalue weighted by Gasteiger charge is 2.23. The van der Waals surface area contributed by atoms with Crippen LogP contribution in [0.1, 0.15) is 31.2 Å². The van der Waals surface area contributed by atoms with Gasteiger partial charge in [0.05, 0.1) is 31.2 Å². The molecule has 8 nitrogen and oxygen atoms in total. The molecule has 9 heteroatoms. The molecule has 0 saturated heterocycles. The first kappa shape index (κ1) is 23.6. The molecule has 2 aromatic rings. The molecule has 0 N–H and O–H groups in total. The third kappa shape index (κ3) is 6.71. The minimum atomic E-state index is -0.692. The average Bonchev–Trinajstić information content (AvgIpc) is 3.33. The van der Waals surface area contributed by atoms with Crippen LogP contribution >= 0.6 is 0 Å². The van der Waals surface area contributed by atoms with Crippen LogP contribution in [-0.4, -0.2) is 48.2 Å². The van der Waals surface area contributed by atoms with Crippen LogP contribution in [0.5, 0.6) is 0 Å². The maximum atomic E-state index is 13.2. The Bertz CT molecular complexity index is 1060. The van der Waals surface area contributed by atoms with Crippen LogP contribution in [0, 0.1) is 17.1 Å². The fraction of sp³-hybridized carbons (Fsp3) is 0.292. The summed E-state index contributed by atoms with van der Waals surface area (Å²) in [6.07, 6.45) is 0.422. The highest BCUT2D eigenvalue weighted by molar-refractivity contribution is 6.02. The number of hydrazone groups is 1. The number of carbonyl (C=O) groups is 3. The van der Waals surface area contributed by atoms with Crippen LogP contribution in [0.4, 0.5) is 10.1 Å². The fourth-order valence-corrected chi connectivity index (χ4v) is 3.28. The normalized spacial score (nSPS) is 12.6. The van der Waals surface area contributed by atoms with E-state index in [-0.39, 0.29) is 31.7 Å². The number of benzene rings is 2. The van der Waals surface area contributed by atoms with E-state index in [0.717, 1.165) is 11.3 Å². The Morgan fingerprint density at radius 3 is 2.52 bits per heavy atom. The Morgan fingerprint density at radius 2 is 1.82 bits per heavy atom. The van der Waals surface area contributed by atoms with Gasteiger partial charge in [0.15, 0.2) is 6.61 Å². The largest absolute Gasteiger partial charge is 0.456 e. The van der Waals surface area contributed by atoms with Gasteiger partial charge in [0.25, 0.3) is 5.91 Å². The van der Waals surface area contributed by atoms with Crippen LogP contribution in [0.3, 0.4) is 0 Å². The average molecular weight is 450 g/mol. The molecule has 0 fully saturated rings. The number of anilines is 1. The highest BCUT2D eigenvalue weighted by Crippen LogP contribution is 2.17. The maximum Gasteiger partial charge on any atom is 0.306 e. The molecule has 2 aromatic carbocycles. The van der Waals surface area contributed by atoms with Gasteiger partial charge in [-0.05, 0) is 29.8 Å². The van der Waals surface area contributed by atoms with Crippen molar-refractivity contribution in [2.45, 2.75) is 25.7 Å². The summed E-state index contributed by atoms with van der Waals surface area (Å²) in [6.45, 7) is -0.0221. The molecule has 0 spiro atoms. The van der Waals surface area contributed by atoms with Crippen molar-refractivity contribution in [1.29, 1.82) is 5.26 Å². The molecule has 33 heavy (non-hydrogen) atoms. The third-order valence-corrected chi connectivity index (χ3v) is 4.98. The van der Waals surface area contributed by atoms with Gasteiger partial charge >= 0.3 is 5.97 Å². The van der Waals surface area contributed by atoms with Crippen molar-refractivity contribution in [3.63, 3.8) is 0 Å². The molecule has 170 valence electrons. The number of hydrogen-bond donors (Lipinski definition) is 0. The third-order valence-electron chi connectivity index (χ3n) is 4.98. The lowest BCUT2D eigenvalue weighted by atomic mass is 10.1. The predicted molar refractivity (Wildman–Crippen MR) is 118 cm³/mol. The first-order valence-corrected chi connectivity index (χ1v) is 10.5. The van der Waals surface area contributed by atoms with E-state index in [2.05, 4.69) is 5.10 Å². The number of rotatable bonds is 9. The van der Waals surface area contributed by atoms with Gasteiger partial charge in [0.1, 0.15) is 5.82 Å². The molecule has 0 saturated carbocycles. The first-order chi connectivity index (χ1) is 16.0. The molecule has 0 unspecified atom stereocenters. The summed E-state index contributed by atoms with van der Waals surface area (Å²) < 4.78 is 18.2. The monoisotopic (exact) mass is 450 g/mol.